The van der Waals surface area contributed by atoms with Crippen LogP contribution >= 0.6 is 0 Å². The highest BCUT2D eigenvalue weighted by Gasteiger charge is 2.34. The van der Waals surface area contributed by atoms with Crippen molar-refractivity contribution in [2.45, 2.75) is 31.9 Å². The molecule has 0 amide bonds. The van der Waals surface area contributed by atoms with Crippen LogP contribution in [0.15, 0.2) is 0 Å². The molecule has 18 heavy (non-hydrogen) atoms. The standard InChI is InChI=1S/C11H23N3O3S/c1-9-4-3-5-14(8-9)18(15,16)13-10-6-12-7-11(10)17-2/h9-13H,3-8H2,1-2H3/t9?,10?,11-/m0/s1. The van der Waals surface area contributed by atoms with Crippen LogP contribution in [0.4, 0.5) is 0 Å². The summed E-state index contributed by atoms with van der Waals surface area (Å²) in [7, 11) is -1.77. The molecule has 2 heterocycles. The molecular formula is C11H23N3O3S. The van der Waals surface area contributed by atoms with Crippen molar-refractivity contribution in [2.24, 2.45) is 5.92 Å². The Kier molecular flexibility index (Phi) is 4.60. The summed E-state index contributed by atoms with van der Waals surface area (Å²) in [6, 6.07) is -0.169. The highest BCUT2D eigenvalue weighted by atomic mass is 32.2. The van der Waals surface area contributed by atoms with E-state index in [9.17, 15) is 8.42 Å². The highest BCUT2D eigenvalue weighted by Crippen LogP contribution is 2.18. The summed E-state index contributed by atoms with van der Waals surface area (Å²) in [6.07, 6.45) is 1.97. The Balaban J connectivity index is 1.98. The molecule has 2 rings (SSSR count). The second-order valence-electron chi connectivity index (χ2n) is 5.27. The van der Waals surface area contributed by atoms with E-state index < -0.39 is 10.2 Å². The van der Waals surface area contributed by atoms with Gasteiger partial charge in [0.1, 0.15) is 0 Å². The minimum absolute atomic E-state index is 0.0815. The molecule has 0 aromatic carbocycles. The average molecular weight is 277 g/mol. The Morgan fingerprint density at radius 3 is 2.83 bits per heavy atom. The monoisotopic (exact) mass is 277 g/mol. The van der Waals surface area contributed by atoms with E-state index in [0.29, 0.717) is 32.1 Å². The van der Waals surface area contributed by atoms with Gasteiger partial charge in [0.25, 0.3) is 10.2 Å². The van der Waals surface area contributed by atoms with Crippen LogP contribution in [0, 0.1) is 5.92 Å². The molecule has 106 valence electrons. The molecule has 0 bridgehead atoms. The zero-order valence-electron chi connectivity index (χ0n) is 11.1. The van der Waals surface area contributed by atoms with Crippen LogP contribution in [-0.4, -0.2) is 58.2 Å². The van der Waals surface area contributed by atoms with Gasteiger partial charge >= 0.3 is 0 Å². The molecule has 0 aliphatic carbocycles. The fourth-order valence-corrected chi connectivity index (χ4v) is 4.24. The first-order valence-electron chi connectivity index (χ1n) is 6.54. The molecule has 2 saturated heterocycles. The molecule has 2 aliphatic rings. The van der Waals surface area contributed by atoms with Gasteiger partial charge in [0.2, 0.25) is 0 Å². The van der Waals surface area contributed by atoms with Gasteiger partial charge in [-0.3, -0.25) is 0 Å². The molecule has 2 unspecified atom stereocenters. The number of methoxy groups -OCH3 is 1. The summed E-state index contributed by atoms with van der Waals surface area (Å²) < 4.78 is 34.1. The first-order chi connectivity index (χ1) is 8.53. The lowest BCUT2D eigenvalue weighted by atomic mass is 10.0. The quantitative estimate of drug-likeness (QED) is 0.729. The van der Waals surface area contributed by atoms with Crippen LogP contribution < -0.4 is 10.0 Å². The Labute approximate surface area is 109 Å². The number of hydrogen-bond acceptors (Lipinski definition) is 4. The fraction of sp³-hybridized carbons (Fsp3) is 1.00. The number of piperidine rings is 1. The average Bonchev–Trinajstić information content (AvgIpc) is 2.75. The van der Waals surface area contributed by atoms with Gasteiger partial charge in [-0.15, -0.1) is 0 Å². The molecule has 3 atom stereocenters. The lowest BCUT2D eigenvalue weighted by Crippen LogP contribution is -2.52. The molecular weight excluding hydrogens is 254 g/mol. The minimum atomic E-state index is -3.38. The van der Waals surface area contributed by atoms with Crippen molar-refractivity contribution < 1.29 is 13.2 Å². The van der Waals surface area contributed by atoms with Crippen molar-refractivity contribution in [3.63, 3.8) is 0 Å². The van der Waals surface area contributed by atoms with Gasteiger partial charge in [-0.1, -0.05) is 6.92 Å². The van der Waals surface area contributed by atoms with Crippen molar-refractivity contribution in [1.29, 1.82) is 0 Å². The van der Waals surface area contributed by atoms with Gasteiger partial charge in [0, 0.05) is 33.3 Å². The summed E-state index contributed by atoms with van der Waals surface area (Å²) in [5.74, 6) is 0.440. The summed E-state index contributed by atoms with van der Waals surface area (Å²) >= 11 is 0. The van der Waals surface area contributed by atoms with Crippen LogP contribution in [0.25, 0.3) is 0 Å². The van der Waals surface area contributed by atoms with E-state index in [1.54, 1.807) is 11.4 Å². The second kappa shape index (κ2) is 5.83. The van der Waals surface area contributed by atoms with E-state index in [1.807, 2.05) is 0 Å². The third-order valence-electron chi connectivity index (χ3n) is 3.72. The predicted molar refractivity (Wildman–Crippen MR) is 69.5 cm³/mol. The zero-order chi connectivity index (χ0) is 13.2. The van der Waals surface area contributed by atoms with Gasteiger partial charge in [-0.2, -0.15) is 17.4 Å². The molecule has 2 fully saturated rings. The predicted octanol–water partition coefficient (Wildman–Crippen LogP) is -0.460. The molecule has 0 radical (unpaired) electrons. The minimum Gasteiger partial charge on any atom is -0.378 e. The third-order valence-corrected chi connectivity index (χ3v) is 5.33. The normalized spacial score (nSPS) is 34.9. The van der Waals surface area contributed by atoms with Crippen molar-refractivity contribution >= 4 is 10.2 Å². The Morgan fingerprint density at radius 1 is 1.39 bits per heavy atom. The lowest BCUT2D eigenvalue weighted by molar-refractivity contribution is 0.102. The number of rotatable bonds is 4. The Morgan fingerprint density at radius 2 is 2.17 bits per heavy atom. The Hall–Kier alpha value is -0.210. The van der Waals surface area contributed by atoms with Crippen LogP contribution in [0.5, 0.6) is 0 Å². The maximum Gasteiger partial charge on any atom is 0.279 e. The van der Waals surface area contributed by atoms with Crippen LogP contribution in [0.1, 0.15) is 19.8 Å². The maximum absolute atomic E-state index is 12.3. The summed E-state index contributed by atoms with van der Waals surface area (Å²) in [5, 5.41) is 3.14. The first-order valence-corrected chi connectivity index (χ1v) is 7.98. The van der Waals surface area contributed by atoms with Gasteiger partial charge in [0.15, 0.2) is 0 Å². The molecule has 0 saturated carbocycles. The summed E-state index contributed by atoms with van der Waals surface area (Å²) in [6.45, 7) is 4.66. The van der Waals surface area contributed by atoms with Crippen molar-refractivity contribution in [2.75, 3.05) is 33.3 Å². The topological polar surface area (TPSA) is 70.7 Å². The van der Waals surface area contributed by atoms with E-state index >= 15 is 0 Å². The van der Waals surface area contributed by atoms with Crippen LogP contribution in [-0.2, 0) is 14.9 Å². The van der Waals surface area contributed by atoms with E-state index in [1.165, 1.54) is 0 Å². The number of hydrogen-bond donors (Lipinski definition) is 2. The van der Waals surface area contributed by atoms with E-state index in [-0.39, 0.29) is 12.1 Å². The third kappa shape index (κ3) is 3.21. The van der Waals surface area contributed by atoms with Crippen LogP contribution in [0.3, 0.4) is 0 Å². The van der Waals surface area contributed by atoms with Crippen molar-refractivity contribution in [1.82, 2.24) is 14.3 Å². The van der Waals surface area contributed by atoms with Crippen LogP contribution in [0.2, 0.25) is 0 Å². The molecule has 2 aliphatic heterocycles. The van der Waals surface area contributed by atoms with Gasteiger partial charge in [-0.05, 0) is 18.8 Å². The molecule has 0 aromatic rings. The van der Waals surface area contributed by atoms with E-state index in [2.05, 4.69) is 17.0 Å². The number of nitrogens with zero attached hydrogens (tertiary/aromatic N) is 1. The van der Waals surface area contributed by atoms with Gasteiger partial charge in [0.05, 0.1) is 12.1 Å². The number of ether oxygens (including phenoxy) is 1. The second-order valence-corrected chi connectivity index (χ2v) is 6.97. The fourth-order valence-electron chi connectivity index (χ4n) is 2.65. The number of nitrogens with one attached hydrogen (secondary N) is 2. The van der Waals surface area contributed by atoms with Crippen molar-refractivity contribution in [3.8, 4) is 0 Å². The molecule has 7 heteroatoms. The Bertz CT molecular complexity index is 374. The van der Waals surface area contributed by atoms with Gasteiger partial charge < -0.3 is 10.1 Å². The molecule has 6 nitrogen and oxygen atoms in total. The van der Waals surface area contributed by atoms with E-state index in [0.717, 1.165) is 12.8 Å². The van der Waals surface area contributed by atoms with Gasteiger partial charge in [-0.25, -0.2) is 0 Å². The smallest absolute Gasteiger partial charge is 0.279 e. The molecule has 0 aromatic heterocycles. The first kappa shape index (κ1) is 14.2. The highest BCUT2D eigenvalue weighted by molar-refractivity contribution is 7.87. The SMILES string of the molecule is CO[C@H]1CNCC1NS(=O)(=O)N1CCCC(C)C1. The van der Waals surface area contributed by atoms with E-state index in [4.69, 9.17) is 4.74 Å². The summed E-state index contributed by atoms with van der Waals surface area (Å²) in [4.78, 5) is 0. The summed E-state index contributed by atoms with van der Waals surface area (Å²) in [5.41, 5.74) is 0. The lowest BCUT2D eigenvalue weighted by Gasteiger charge is -2.31. The molecule has 2 N–H and O–H groups in total. The largest absolute Gasteiger partial charge is 0.378 e. The zero-order valence-corrected chi connectivity index (χ0v) is 11.9. The maximum atomic E-state index is 12.3. The molecule has 0 spiro atoms. The van der Waals surface area contributed by atoms with Crippen molar-refractivity contribution in [3.05, 3.63) is 0 Å².